The highest BCUT2D eigenvalue weighted by Crippen LogP contribution is 2.23. The van der Waals surface area contributed by atoms with E-state index in [4.69, 9.17) is 0 Å². The van der Waals surface area contributed by atoms with Crippen molar-refractivity contribution in [3.63, 3.8) is 0 Å². The maximum Gasteiger partial charge on any atom is 0.270 e. The summed E-state index contributed by atoms with van der Waals surface area (Å²) in [6.07, 6.45) is 6.35. The van der Waals surface area contributed by atoms with Crippen LogP contribution >= 0.6 is 27.7 Å². The van der Waals surface area contributed by atoms with Crippen LogP contribution in [0.5, 0.6) is 0 Å². The third-order valence-corrected chi connectivity index (χ3v) is 5.06. The van der Waals surface area contributed by atoms with Crippen molar-refractivity contribution in [3.05, 3.63) is 22.4 Å². The number of nitrogens with zero attached hydrogens (tertiary/aromatic N) is 2. The summed E-state index contributed by atoms with van der Waals surface area (Å²) in [5, 5.41) is 0.721. The van der Waals surface area contributed by atoms with Crippen LogP contribution in [0.3, 0.4) is 0 Å². The Morgan fingerprint density at radius 3 is 2.72 bits per heavy atom. The highest BCUT2D eigenvalue weighted by Gasteiger charge is 2.24. The van der Waals surface area contributed by atoms with Crippen LogP contribution in [-0.2, 0) is 6.54 Å². The number of hydrogen-bond donors (Lipinski definition) is 0. The van der Waals surface area contributed by atoms with Crippen molar-refractivity contribution in [2.24, 2.45) is 0 Å². The molecule has 18 heavy (non-hydrogen) atoms. The third-order valence-electron chi connectivity index (χ3n) is 3.49. The highest BCUT2D eigenvalue weighted by atomic mass is 79.9. The summed E-state index contributed by atoms with van der Waals surface area (Å²) in [6, 6.07) is 1.92. The Morgan fingerprint density at radius 2 is 2.17 bits per heavy atom. The number of carbonyl (C=O) groups is 1. The molecule has 0 radical (unpaired) electrons. The Labute approximate surface area is 121 Å². The molecule has 1 saturated heterocycles. The van der Waals surface area contributed by atoms with Gasteiger partial charge in [-0.3, -0.25) is 4.79 Å². The topological polar surface area (TPSA) is 25.2 Å². The van der Waals surface area contributed by atoms with Gasteiger partial charge in [-0.05, 0) is 48.0 Å². The number of hydrogen-bond acceptors (Lipinski definition) is 2. The second-order valence-electron chi connectivity index (χ2n) is 4.56. The molecule has 0 aliphatic carbocycles. The summed E-state index contributed by atoms with van der Waals surface area (Å²) >= 11 is 5.36. The van der Waals surface area contributed by atoms with Gasteiger partial charge < -0.3 is 9.47 Å². The highest BCUT2D eigenvalue weighted by molar-refractivity contribution is 9.10. The van der Waals surface area contributed by atoms with E-state index in [1.807, 2.05) is 33.5 Å². The summed E-state index contributed by atoms with van der Waals surface area (Å²) in [5.74, 6) is 0.169. The van der Waals surface area contributed by atoms with Crippen molar-refractivity contribution in [3.8, 4) is 0 Å². The van der Waals surface area contributed by atoms with E-state index in [9.17, 15) is 4.79 Å². The molecule has 0 unspecified atom stereocenters. The molecule has 1 fully saturated rings. The van der Waals surface area contributed by atoms with Crippen molar-refractivity contribution in [1.82, 2.24) is 9.47 Å². The van der Waals surface area contributed by atoms with Crippen LogP contribution in [0.2, 0.25) is 0 Å². The number of thioether (sulfide) groups is 1. The fraction of sp³-hybridized carbons (Fsp3) is 0.615. The normalized spacial score (nSPS) is 17.2. The van der Waals surface area contributed by atoms with Crippen LogP contribution in [0.1, 0.15) is 30.3 Å². The molecule has 1 amide bonds. The molecule has 0 bridgehead atoms. The van der Waals surface area contributed by atoms with Gasteiger partial charge in [-0.2, -0.15) is 11.8 Å². The predicted octanol–water partition coefficient (Wildman–Crippen LogP) is 3.24. The van der Waals surface area contributed by atoms with Crippen LogP contribution in [0.25, 0.3) is 0 Å². The smallest absolute Gasteiger partial charge is 0.270 e. The molecule has 2 heterocycles. The van der Waals surface area contributed by atoms with Crippen LogP contribution in [-0.4, -0.2) is 40.0 Å². The van der Waals surface area contributed by atoms with Crippen LogP contribution in [0.4, 0.5) is 0 Å². The first-order chi connectivity index (χ1) is 8.65. The summed E-state index contributed by atoms with van der Waals surface area (Å²) < 4.78 is 2.99. The molecular formula is C13H19BrN2OS. The molecule has 3 nitrogen and oxygen atoms in total. The number of likely N-dealkylation sites (tertiary alicyclic amines) is 1. The monoisotopic (exact) mass is 330 g/mol. The molecule has 1 aliphatic heterocycles. The molecule has 100 valence electrons. The Bertz CT molecular complexity index is 425. The number of amides is 1. The Hall–Kier alpha value is -0.420. The van der Waals surface area contributed by atoms with E-state index in [1.54, 1.807) is 0 Å². The number of piperidine rings is 1. The lowest BCUT2D eigenvalue weighted by Gasteiger charge is -2.31. The molecule has 5 heteroatoms. The molecular weight excluding hydrogens is 312 g/mol. The first kappa shape index (κ1) is 14.0. The Kier molecular flexibility index (Phi) is 4.78. The van der Waals surface area contributed by atoms with E-state index < -0.39 is 0 Å². The van der Waals surface area contributed by atoms with Crippen LogP contribution in [0, 0.1) is 0 Å². The van der Waals surface area contributed by atoms with Crippen molar-refractivity contribution >= 4 is 33.6 Å². The zero-order valence-electron chi connectivity index (χ0n) is 10.9. The van der Waals surface area contributed by atoms with Gasteiger partial charge in [0.25, 0.3) is 5.91 Å². The molecule has 1 aromatic heterocycles. The van der Waals surface area contributed by atoms with Gasteiger partial charge in [-0.15, -0.1) is 0 Å². The summed E-state index contributed by atoms with van der Waals surface area (Å²) in [5.41, 5.74) is 0.798. The van der Waals surface area contributed by atoms with Crippen molar-refractivity contribution in [2.75, 3.05) is 19.3 Å². The minimum absolute atomic E-state index is 0.169. The number of carbonyl (C=O) groups excluding carboxylic acids is 1. The van der Waals surface area contributed by atoms with E-state index in [0.717, 1.165) is 47.9 Å². The van der Waals surface area contributed by atoms with Crippen molar-refractivity contribution < 1.29 is 4.79 Å². The summed E-state index contributed by atoms with van der Waals surface area (Å²) in [7, 11) is 0. The van der Waals surface area contributed by atoms with Gasteiger partial charge in [0.1, 0.15) is 5.69 Å². The first-order valence-electron chi connectivity index (χ1n) is 6.33. The Morgan fingerprint density at radius 1 is 1.50 bits per heavy atom. The van der Waals surface area contributed by atoms with Gasteiger partial charge in [0, 0.05) is 35.6 Å². The zero-order valence-corrected chi connectivity index (χ0v) is 13.3. The average Bonchev–Trinajstić information content (AvgIpc) is 2.79. The molecule has 0 spiro atoms. The number of aromatic nitrogens is 1. The number of halogens is 1. The minimum atomic E-state index is 0.169. The fourth-order valence-electron chi connectivity index (χ4n) is 2.37. The van der Waals surface area contributed by atoms with E-state index in [1.165, 1.54) is 0 Å². The third kappa shape index (κ3) is 2.94. The maximum absolute atomic E-state index is 12.5. The average molecular weight is 331 g/mol. The maximum atomic E-state index is 12.5. The van der Waals surface area contributed by atoms with Gasteiger partial charge in [0.15, 0.2) is 0 Å². The van der Waals surface area contributed by atoms with Crippen LogP contribution < -0.4 is 0 Å². The lowest BCUT2D eigenvalue weighted by atomic mass is 10.1. The second-order valence-corrected chi connectivity index (χ2v) is 6.61. The molecule has 0 saturated carbocycles. The fourth-order valence-corrected chi connectivity index (χ4v) is 3.52. The SMILES string of the molecule is CCn1cc(Br)cc1C(=O)N1CCC(SC)CC1. The van der Waals surface area contributed by atoms with Crippen molar-refractivity contribution in [1.29, 1.82) is 0 Å². The summed E-state index contributed by atoms with van der Waals surface area (Å²) in [6.45, 7) is 4.66. The van der Waals surface area contributed by atoms with E-state index in [2.05, 4.69) is 29.1 Å². The van der Waals surface area contributed by atoms with Gasteiger partial charge in [-0.1, -0.05) is 0 Å². The molecule has 0 atom stereocenters. The molecule has 1 aromatic rings. The van der Waals surface area contributed by atoms with Gasteiger partial charge in [0.2, 0.25) is 0 Å². The van der Waals surface area contributed by atoms with Crippen LogP contribution in [0.15, 0.2) is 16.7 Å². The quantitative estimate of drug-likeness (QED) is 0.850. The molecule has 0 N–H and O–H groups in total. The number of rotatable bonds is 3. The molecule has 1 aliphatic rings. The van der Waals surface area contributed by atoms with E-state index in [0.29, 0.717) is 0 Å². The largest absolute Gasteiger partial charge is 0.343 e. The second kappa shape index (κ2) is 6.15. The van der Waals surface area contributed by atoms with Gasteiger partial charge in [0.05, 0.1) is 0 Å². The zero-order chi connectivity index (χ0) is 13.1. The van der Waals surface area contributed by atoms with Gasteiger partial charge >= 0.3 is 0 Å². The standard InChI is InChI=1S/C13H19BrN2OS/c1-3-15-9-10(14)8-12(15)13(17)16-6-4-11(18-2)5-7-16/h8-9,11H,3-7H2,1-2H3. The van der Waals surface area contributed by atoms with E-state index in [-0.39, 0.29) is 5.91 Å². The van der Waals surface area contributed by atoms with Gasteiger partial charge in [-0.25, -0.2) is 0 Å². The lowest BCUT2D eigenvalue weighted by molar-refractivity contribution is 0.0716. The van der Waals surface area contributed by atoms with Crippen molar-refractivity contribution in [2.45, 2.75) is 31.6 Å². The minimum Gasteiger partial charge on any atom is -0.343 e. The van der Waals surface area contributed by atoms with E-state index >= 15 is 0 Å². The lowest BCUT2D eigenvalue weighted by Crippen LogP contribution is -2.40. The molecule has 2 rings (SSSR count). The Balaban J connectivity index is 2.07. The predicted molar refractivity (Wildman–Crippen MR) is 80.2 cm³/mol. The molecule has 0 aromatic carbocycles. The summed E-state index contributed by atoms with van der Waals surface area (Å²) in [4.78, 5) is 14.5. The number of aryl methyl sites for hydroxylation is 1. The first-order valence-corrected chi connectivity index (χ1v) is 8.41.